The van der Waals surface area contributed by atoms with Gasteiger partial charge in [0, 0.05) is 50.2 Å². The molecule has 28 heavy (non-hydrogen) atoms. The molecule has 2 saturated heterocycles. The van der Waals surface area contributed by atoms with Crippen LogP contribution in [-0.2, 0) is 4.74 Å². The first kappa shape index (κ1) is 22.2. The number of hydrogen-bond donors (Lipinski definition) is 2. The van der Waals surface area contributed by atoms with Crippen molar-refractivity contribution in [1.29, 1.82) is 0 Å². The number of aliphatic imine (C=N–C) groups is 1. The fourth-order valence-corrected chi connectivity index (χ4v) is 5.67. The lowest BCUT2D eigenvalue weighted by atomic mass is 9.88. The highest BCUT2D eigenvalue weighted by atomic mass is 32.2. The van der Waals surface area contributed by atoms with Gasteiger partial charge in [0.2, 0.25) is 0 Å². The zero-order valence-corrected chi connectivity index (χ0v) is 19.0. The maximum Gasteiger partial charge on any atom is 0.191 e. The van der Waals surface area contributed by atoms with Crippen LogP contribution in [0.4, 0.5) is 0 Å². The summed E-state index contributed by atoms with van der Waals surface area (Å²) in [4.78, 5) is 7.70. The van der Waals surface area contributed by atoms with E-state index in [2.05, 4.69) is 28.7 Å². The molecule has 3 fully saturated rings. The van der Waals surface area contributed by atoms with E-state index < -0.39 is 0 Å². The number of ether oxygens (including phenoxy) is 1. The van der Waals surface area contributed by atoms with Gasteiger partial charge in [0.25, 0.3) is 0 Å². The standard InChI is InChI=1S/C22H42N4OS/c1-3-23-21(24-18-22(28-2)11-15-27-16-12-22)25-20-9-13-26(14-10-20)17-19-7-5-4-6-8-19/h19-20H,3-18H2,1-2H3,(H2,23,24,25). The summed E-state index contributed by atoms with van der Waals surface area (Å²) in [5, 5.41) is 7.21. The average molecular weight is 411 g/mol. The third kappa shape index (κ3) is 6.81. The van der Waals surface area contributed by atoms with E-state index in [1.165, 1.54) is 64.6 Å². The zero-order valence-electron chi connectivity index (χ0n) is 18.2. The van der Waals surface area contributed by atoms with E-state index in [4.69, 9.17) is 9.73 Å². The quantitative estimate of drug-likeness (QED) is 0.497. The van der Waals surface area contributed by atoms with Gasteiger partial charge in [-0.1, -0.05) is 19.3 Å². The Morgan fingerprint density at radius 2 is 1.82 bits per heavy atom. The number of likely N-dealkylation sites (tertiary alicyclic amines) is 1. The first-order valence-electron chi connectivity index (χ1n) is 11.6. The minimum Gasteiger partial charge on any atom is -0.381 e. The summed E-state index contributed by atoms with van der Waals surface area (Å²) in [6.45, 7) is 9.51. The minimum atomic E-state index is 0.254. The summed E-state index contributed by atoms with van der Waals surface area (Å²) >= 11 is 1.97. The van der Waals surface area contributed by atoms with Crippen LogP contribution in [0.3, 0.4) is 0 Å². The molecule has 6 heteroatoms. The second-order valence-corrected chi connectivity index (χ2v) is 10.2. The molecule has 0 aromatic heterocycles. The molecule has 1 saturated carbocycles. The Labute approximate surface area is 176 Å². The molecule has 2 heterocycles. The van der Waals surface area contributed by atoms with Crippen molar-refractivity contribution in [3.63, 3.8) is 0 Å². The molecule has 2 aliphatic heterocycles. The van der Waals surface area contributed by atoms with Crippen LogP contribution in [0.25, 0.3) is 0 Å². The molecule has 162 valence electrons. The molecule has 3 rings (SSSR count). The minimum absolute atomic E-state index is 0.254. The van der Waals surface area contributed by atoms with Crippen LogP contribution in [-0.4, -0.2) is 73.8 Å². The predicted molar refractivity (Wildman–Crippen MR) is 121 cm³/mol. The second kappa shape index (κ2) is 11.7. The number of nitrogens with zero attached hydrogens (tertiary/aromatic N) is 2. The number of nitrogens with one attached hydrogen (secondary N) is 2. The Morgan fingerprint density at radius 3 is 2.46 bits per heavy atom. The molecule has 2 N–H and O–H groups in total. The van der Waals surface area contributed by atoms with Gasteiger partial charge in [-0.2, -0.15) is 11.8 Å². The van der Waals surface area contributed by atoms with Gasteiger partial charge in [-0.3, -0.25) is 4.99 Å². The lowest BCUT2D eigenvalue weighted by Gasteiger charge is -2.36. The summed E-state index contributed by atoms with van der Waals surface area (Å²) in [7, 11) is 0. The predicted octanol–water partition coefficient (Wildman–Crippen LogP) is 3.50. The first-order valence-corrected chi connectivity index (χ1v) is 12.9. The highest BCUT2D eigenvalue weighted by molar-refractivity contribution is 8.00. The van der Waals surface area contributed by atoms with Crippen LogP contribution in [0.15, 0.2) is 4.99 Å². The fourth-order valence-electron chi connectivity index (χ4n) is 4.90. The molecule has 0 aromatic rings. The van der Waals surface area contributed by atoms with Crippen LogP contribution >= 0.6 is 11.8 Å². The van der Waals surface area contributed by atoms with E-state index >= 15 is 0 Å². The molecule has 0 aromatic carbocycles. The molecule has 1 aliphatic carbocycles. The van der Waals surface area contributed by atoms with Crippen LogP contribution in [0.1, 0.15) is 64.7 Å². The molecular formula is C22H42N4OS. The summed E-state index contributed by atoms with van der Waals surface area (Å²) in [6, 6.07) is 0.556. The molecule has 0 atom stereocenters. The van der Waals surface area contributed by atoms with Gasteiger partial charge >= 0.3 is 0 Å². The third-order valence-corrected chi connectivity index (χ3v) is 8.28. The van der Waals surface area contributed by atoms with E-state index in [1.807, 2.05) is 11.8 Å². The van der Waals surface area contributed by atoms with E-state index in [0.29, 0.717) is 6.04 Å². The van der Waals surface area contributed by atoms with Crippen LogP contribution < -0.4 is 10.6 Å². The van der Waals surface area contributed by atoms with Gasteiger partial charge in [0.1, 0.15) is 0 Å². The van der Waals surface area contributed by atoms with Crippen molar-refractivity contribution in [1.82, 2.24) is 15.5 Å². The van der Waals surface area contributed by atoms with Gasteiger partial charge < -0.3 is 20.3 Å². The molecule has 0 radical (unpaired) electrons. The molecule has 0 spiro atoms. The van der Waals surface area contributed by atoms with E-state index in [9.17, 15) is 0 Å². The topological polar surface area (TPSA) is 48.9 Å². The Bertz CT molecular complexity index is 467. The van der Waals surface area contributed by atoms with Crippen LogP contribution in [0.5, 0.6) is 0 Å². The Kier molecular flexibility index (Phi) is 9.25. The normalized spacial score (nSPS) is 25.6. The molecule has 5 nitrogen and oxygen atoms in total. The van der Waals surface area contributed by atoms with E-state index in [-0.39, 0.29) is 4.75 Å². The molecular weight excluding hydrogens is 368 g/mol. The lowest BCUT2D eigenvalue weighted by molar-refractivity contribution is 0.0794. The van der Waals surface area contributed by atoms with Crippen molar-refractivity contribution < 1.29 is 4.74 Å². The second-order valence-electron chi connectivity index (χ2n) is 8.92. The SMILES string of the molecule is CCNC(=NCC1(SC)CCOCC1)NC1CCN(CC2CCCCC2)CC1. The van der Waals surface area contributed by atoms with Gasteiger partial charge in [0.05, 0.1) is 6.54 Å². The highest BCUT2D eigenvalue weighted by Crippen LogP contribution is 2.34. The number of thioether (sulfide) groups is 1. The number of hydrogen-bond acceptors (Lipinski definition) is 4. The fraction of sp³-hybridized carbons (Fsp3) is 0.955. The van der Waals surface area contributed by atoms with Gasteiger partial charge in [-0.25, -0.2) is 0 Å². The van der Waals surface area contributed by atoms with Crippen molar-refractivity contribution in [3.05, 3.63) is 0 Å². The highest BCUT2D eigenvalue weighted by Gasteiger charge is 2.32. The summed E-state index contributed by atoms with van der Waals surface area (Å²) in [5.41, 5.74) is 0. The molecule has 0 bridgehead atoms. The van der Waals surface area contributed by atoms with E-state index in [1.54, 1.807) is 0 Å². The number of rotatable bonds is 7. The summed E-state index contributed by atoms with van der Waals surface area (Å²) < 4.78 is 5.82. The monoisotopic (exact) mass is 410 g/mol. The number of piperidine rings is 1. The zero-order chi connectivity index (χ0) is 19.7. The van der Waals surface area contributed by atoms with Crippen molar-refractivity contribution >= 4 is 17.7 Å². The van der Waals surface area contributed by atoms with Crippen LogP contribution in [0, 0.1) is 5.92 Å². The average Bonchev–Trinajstić information content (AvgIpc) is 2.75. The van der Waals surface area contributed by atoms with Gasteiger partial charge in [0.15, 0.2) is 5.96 Å². The maximum atomic E-state index is 5.57. The van der Waals surface area contributed by atoms with Crippen LogP contribution in [0.2, 0.25) is 0 Å². The maximum absolute atomic E-state index is 5.57. The Hall–Kier alpha value is -0.460. The van der Waals surface area contributed by atoms with Crippen molar-refractivity contribution in [2.45, 2.75) is 75.5 Å². The molecule has 3 aliphatic rings. The smallest absolute Gasteiger partial charge is 0.191 e. The third-order valence-electron chi connectivity index (χ3n) is 6.88. The number of guanidine groups is 1. The van der Waals surface area contributed by atoms with Gasteiger partial charge in [-0.15, -0.1) is 0 Å². The summed E-state index contributed by atoms with van der Waals surface area (Å²) in [5.74, 6) is 1.97. The Balaban J connectivity index is 1.45. The Morgan fingerprint density at radius 1 is 1.11 bits per heavy atom. The van der Waals surface area contributed by atoms with Gasteiger partial charge in [-0.05, 0) is 57.6 Å². The van der Waals surface area contributed by atoms with E-state index in [0.717, 1.165) is 51.0 Å². The first-order chi connectivity index (χ1) is 13.7. The van der Waals surface area contributed by atoms with Crippen molar-refractivity contribution in [3.8, 4) is 0 Å². The van der Waals surface area contributed by atoms with Crippen molar-refractivity contribution in [2.75, 3.05) is 52.2 Å². The lowest BCUT2D eigenvalue weighted by Crippen LogP contribution is -2.50. The largest absolute Gasteiger partial charge is 0.381 e. The molecule has 0 unspecified atom stereocenters. The van der Waals surface area contributed by atoms with Crippen molar-refractivity contribution in [2.24, 2.45) is 10.9 Å². The summed E-state index contributed by atoms with van der Waals surface area (Å²) in [6.07, 6.45) is 14.2. The molecule has 0 amide bonds.